The summed E-state index contributed by atoms with van der Waals surface area (Å²) < 4.78 is 11.1. The Morgan fingerprint density at radius 3 is 2.69 bits per heavy atom. The van der Waals surface area contributed by atoms with Gasteiger partial charge < -0.3 is 25.4 Å². The normalized spacial score (nSPS) is 16.2. The van der Waals surface area contributed by atoms with Crippen LogP contribution in [0.15, 0.2) is 29.3 Å². The van der Waals surface area contributed by atoms with Crippen molar-refractivity contribution in [3.05, 3.63) is 29.8 Å². The highest BCUT2D eigenvalue weighted by atomic mass is 127. The number of nitrogens with one attached hydrogen (secondary N) is 3. The first-order valence-corrected chi connectivity index (χ1v) is 10.3. The summed E-state index contributed by atoms with van der Waals surface area (Å²) in [5.41, 5.74) is 1.92. The van der Waals surface area contributed by atoms with Gasteiger partial charge in [0.25, 0.3) is 0 Å². The molecule has 0 bridgehead atoms. The van der Waals surface area contributed by atoms with Crippen LogP contribution in [-0.4, -0.2) is 50.9 Å². The van der Waals surface area contributed by atoms with Gasteiger partial charge in [0.1, 0.15) is 0 Å². The Kier molecular flexibility index (Phi) is 13.7. The number of carbonyl (C=O) groups excluding carboxylic acids is 1. The molecule has 0 saturated carbocycles. The van der Waals surface area contributed by atoms with E-state index < -0.39 is 0 Å². The number of benzene rings is 1. The molecule has 0 radical (unpaired) electrons. The van der Waals surface area contributed by atoms with Gasteiger partial charge in [-0.15, -0.1) is 24.0 Å². The molecule has 1 unspecified atom stereocenters. The van der Waals surface area contributed by atoms with Gasteiger partial charge in [0.15, 0.2) is 5.96 Å². The van der Waals surface area contributed by atoms with Gasteiger partial charge in [-0.25, -0.2) is 4.99 Å². The van der Waals surface area contributed by atoms with E-state index in [1.54, 1.807) is 0 Å². The summed E-state index contributed by atoms with van der Waals surface area (Å²) in [6.07, 6.45) is 3.58. The summed E-state index contributed by atoms with van der Waals surface area (Å²) in [6, 6.07) is 7.82. The third kappa shape index (κ3) is 10.8. The molecule has 1 amide bonds. The van der Waals surface area contributed by atoms with Crippen molar-refractivity contribution >= 4 is 41.5 Å². The van der Waals surface area contributed by atoms with Crippen LogP contribution in [0.5, 0.6) is 0 Å². The van der Waals surface area contributed by atoms with Crippen molar-refractivity contribution in [2.45, 2.75) is 52.2 Å². The maximum absolute atomic E-state index is 11.6. The Labute approximate surface area is 191 Å². The van der Waals surface area contributed by atoms with Crippen LogP contribution in [0.3, 0.4) is 0 Å². The van der Waals surface area contributed by atoms with E-state index in [1.165, 1.54) is 0 Å². The average molecular weight is 518 g/mol. The highest BCUT2D eigenvalue weighted by Gasteiger charge is 2.15. The van der Waals surface area contributed by atoms with Crippen LogP contribution < -0.4 is 16.0 Å². The molecular formula is C21H35IN4O3. The van der Waals surface area contributed by atoms with E-state index in [0.29, 0.717) is 13.0 Å². The van der Waals surface area contributed by atoms with Gasteiger partial charge in [-0.05, 0) is 43.9 Å². The van der Waals surface area contributed by atoms with Crippen molar-refractivity contribution in [1.29, 1.82) is 0 Å². The van der Waals surface area contributed by atoms with Crippen molar-refractivity contribution < 1.29 is 14.3 Å². The second-order valence-corrected chi connectivity index (χ2v) is 6.83. The Bertz CT molecular complexity index is 604. The predicted molar refractivity (Wildman–Crippen MR) is 128 cm³/mol. The fourth-order valence-electron chi connectivity index (χ4n) is 2.83. The zero-order valence-corrected chi connectivity index (χ0v) is 19.9. The summed E-state index contributed by atoms with van der Waals surface area (Å²) >= 11 is 0. The van der Waals surface area contributed by atoms with Gasteiger partial charge >= 0.3 is 0 Å². The van der Waals surface area contributed by atoms with Crippen LogP contribution in [0.4, 0.5) is 5.69 Å². The summed E-state index contributed by atoms with van der Waals surface area (Å²) in [5, 5.41) is 9.49. The van der Waals surface area contributed by atoms with E-state index in [1.807, 2.05) is 38.1 Å². The third-order valence-electron chi connectivity index (χ3n) is 4.33. The minimum atomic E-state index is 0. The van der Waals surface area contributed by atoms with Gasteiger partial charge in [0, 0.05) is 38.4 Å². The van der Waals surface area contributed by atoms with Crippen LogP contribution in [-0.2, 0) is 20.8 Å². The fourth-order valence-corrected chi connectivity index (χ4v) is 2.83. The minimum Gasteiger partial charge on any atom is -0.379 e. The molecule has 1 aromatic carbocycles. The van der Waals surface area contributed by atoms with Gasteiger partial charge in [0.05, 0.1) is 19.3 Å². The monoisotopic (exact) mass is 518 g/mol. The zero-order valence-electron chi connectivity index (χ0n) is 17.5. The van der Waals surface area contributed by atoms with Crippen molar-refractivity contribution in [3.63, 3.8) is 0 Å². The molecule has 29 heavy (non-hydrogen) atoms. The van der Waals surface area contributed by atoms with Crippen LogP contribution in [0.2, 0.25) is 0 Å². The van der Waals surface area contributed by atoms with Gasteiger partial charge in [-0.1, -0.05) is 19.1 Å². The number of nitrogens with zero attached hydrogens (tertiary/aromatic N) is 1. The van der Waals surface area contributed by atoms with Gasteiger partial charge in [-0.3, -0.25) is 4.79 Å². The SMILES string of the molecule is CCCC(=O)Nc1ccc(CN=C(NCC)NCCCOC2CCOC2)cc1.I. The first-order chi connectivity index (χ1) is 13.7. The maximum Gasteiger partial charge on any atom is 0.224 e. The maximum atomic E-state index is 11.6. The smallest absolute Gasteiger partial charge is 0.224 e. The number of halogens is 1. The van der Waals surface area contributed by atoms with E-state index in [2.05, 4.69) is 20.9 Å². The Morgan fingerprint density at radius 1 is 1.24 bits per heavy atom. The number of hydrogen-bond donors (Lipinski definition) is 3. The Balaban J connectivity index is 0.00000420. The van der Waals surface area contributed by atoms with Gasteiger partial charge in [-0.2, -0.15) is 0 Å². The Morgan fingerprint density at radius 2 is 2.03 bits per heavy atom. The van der Waals surface area contributed by atoms with Crippen molar-refractivity contribution in [2.75, 3.05) is 38.2 Å². The van der Waals surface area contributed by atoms with E-state index in [-0.39, 0.29) is 36.0 Å². The lowest BCUT2D eigenvalue weighted by Gasteiger charge is -2.13. The van der Waals surface area contributed by atoms with E-state index in [4.69, 9.17) is 9.47 Å². The standard InChI is InChI=1S/C21H34N4O3.HI/c1-3-6-20(26)25-18-9-7-17(8-10-18)15-24-21(22-4-2)23-12-5-13-28-19-11-14-27-16-19;/h7-10,19H,3-6,11-16H2,1-2H3,(H,25,26)(H2,22,23,24);1H. The molecule has 1 fully saturated rings. The first-order valence-electron chi connectivity index (χ1n) is 10.3. The summed E-state index contributed by atoms with van der Waals surface area (Å²) in [6.45, 7) is 8.50. The number of rotatable bonds is 11. The summed E-state index contributed by atoms with van der Waals surface area (Å²) in [5.74, 6) is 0.850. The van der Waals surface area contributed by atoms with Gasteiger partial charge in [0.2, 0.25) is 5.91 Å². The summed E-state index contributed by atoms with van der Waals surface area (Å²) in [7, 11) is 0. The first kappa shape index (κ1) is 25.6. The largest absolute Gasteiger partial charge is 0.379 e. The van der Waals surface area contributed by atoms with Crippen molar-refractivity contribution in [1.82, 2.24) is 10.6 Å². The predicted octanol–water partition coefficient (Wildman–Crippen LogP) is 3.29. The molecular weight excluding hydrogens is 483 g/mol. The number of amides is 1. The number of aliphatic imine (C=N–C) groups is 1. The second-order valence-electron chi connectivity index (χ2n) is 6.83. The highest BCUT2D eigenvalue weighted by Crippen LogP contribution is 2.11. The average Bonchev–Trinajstić information content (AvgIpc) is 3.20. The van der Waals surface area contributed by atoms with Crippen LogP contribution in [0.1, 0.15) is 45.1 Å². The third-order valence-corrected chi connectivity index (χ3v) is 4.33. The molecule has 7 nitrogen and oxygen atoms in total. The van der Waals surface area contributed by atoms with Crippen molar-refractivity contribution in [2.24, 2.45) is 4.99 Å². The molecule has 1 atom stereocenters. The minimum absolute atomic E-state index is 0. The molecule has 164 valence electrons. The molecule has 0 aliphatic carbocycles. The number of guanidine groups is 1. The number of anilines is 1. The van der Waals surface area contributed by atoms with Crippen LogP contribution >= 0.6 is 24.0 Å². The van der Waals surface area contributed by atoms with E-state index >= 15 is 0 Å². The van der Waals surface area contributed by atoms with E-state index in [0.717, 1.165) is 69.4 Å². The summed E-state index contributed by atoms with van der Waals surface area (Å²) in [4.78, 5) is 16.3. The highest BCUT2D eigenvalue weighted by molar-refractivity contribution is 14.0. The number of hydrogen-bond acceptors (Lipinski definition) is 4. The van der Waals surface area contributed by atoms with Crippen LogP contribution in [0.25, 0.3) is 0 Å². The number of carbonyl (C=O) groups is 1. The van der Waals surface area contributed by atoms with Crippen LogP contribution in [0, 0.1) is 0 Å². The molecule has 0 aromatic heterocycles. The molecule has 2 rings (SSSR count). The molecule has 0 spiro atoms. The lowest BCUT2D eigenvalue weighted by Crippen LogP contribution is -2.38. The Hall–Kier alpha value is -1.39. The van der Waals surface area contributed by atoms with Crippen molar-refractivity contribution in [3.8, 4) is 0 Å². The molecule has 1 aliphatic heterocycles. The molecule has 1 saturated heterocycles. The lowest BCUT2D eigenvalue weighted by atomic mass is 10.2. The molecule has 3 N–H and O–H groups in total. The quantitative estimate of drug-likeness (QED) is 0.181. The van der Waals surface area contributed by atoms with E-state index in [9.17, 15) is 4.79 Å². The number of ether oxygens (including phenoxy) is 2. The second kappa shape index (κ2) is 15.4. The lowest BCUT2D eigenvalue weighted by molar-refractivity contribution is -0.116. The molecule has 1 aliphatic rings. The molecule has 8 heteroatoms. The molecule has 1 heterocycles. The topological polar surface area (TPSA) is 84.0 Å². The fraction of sp³-hybridized carbons (Fsp3) is 0.619. The molecule has 1 aromatic rings. The zero-order chi connectivity index (χ0) is 20.0.